The molecule has 0 aromatic heterocycles. The van der Waals surface area contributed by atoms with Crippen LogP contribution in [-0.4, -0.2) is 18.0 Å². The van der Waals surface area contributed by atoms with Gasteiger partial charge in [-0.2, -0.15) is 0 Å². The first-order valence-electron chi connectivity index (χ1n) is 5.06. The van der Waals surface area contributed by atoms with Gasteiger partial charge in [0, 0.05) is 10.0 Å². The van der Waals surface area contributed by atoms with Crippen molar-refractivity contribution in [1.82, 2.24) is 0 Å². The molecule has 0 atom stereocenters. The molecule has 0 bridgehead atoms. The normalized spacial score (nSPS) is 10.8. The molecule has 0 heterocycles. The molecule has 1 aromatic carbocycles. The second-order valence-corrected chi connectivity index (χ2v) is 5.34. The molecule has 0 saturated carbocycles. The third-order valence-corrected chi connectivity index (χ3v) is 2.45. The summed E-state index contributed by atoms with van der Waals surface area (Å²) in [6.07, 6.45) is 0.161. The fourth-order valence-electron chi connectivity index (χ4n) is 1.13. The molecule has 0 radical (unpaired) electrons. The van der Waals surface area contributed by atoms with Gasteiger partial charge in [0.15, 0.2) is 0 Å². The second kappa shape index (κ2) is 5.31. The number of aldehydes is 1. The number of anilines is 1. The lowest BCUT2D eigenvalue weighted by Crippen LogP contribution is -2.27. The lowest BCUT2D eigenvalue weighted by Gasteiger charge is -2.20. The summed E-state index contributed by atoms with van der Waals surface area (Å²) in [5, 5.41) is 2.57. The van der Waals surface area contributed by atoms with Crippen molar-refractivity contribution in [2.75, 3.05) is 5.32 Å². The fraction of sp³-hybridized carbons (Fsp3) is 0.333. The largest absolute Gasteiger partial charge is 0.444 e. The van der Waals surface area contributed by atoms with E-state index in [0.29, 0.717) is 22.0 Å². The Kier molecular flexibility index (Phi) is 4.28. The van der Waals surface area contributed by atoms with Gasteiger partial charge in [0.2, 0.25) is 0 Å². The van der Waals surface area contributed by atoms with E-state index in [1.54, 1.807) is 39.0 Å². The minimum Gasteiger partial charge on any atom is -0.444 e. The summed E-state index contributed by atoms with van der Waals surface area (Å²) in [7, 11) is 0. The zero-order valence-electron chi connectivity index (χ0n) is 9.91. The number of rotatable bonds is 2. The first-order chi connectivity index (χ1) is 7.81. The van der Waals surface area contributed by atoms with E-state index in [-0.39, 0.29) is 0 Å². The number of ether oxygens (including phenoxy) is 1. The number of benzene rings is 1. The van der Waals surface area contributed by atoms with Crippen LogP contribution < -0.4 is 5.32 Å². The second-order valence-electron chi connectivity index (χ2n) is 4.48. The third-order valence-electron chi connectivity index (χ3n) is 1.76. The summed E-state index contributed by atoms with van der Waals surface area (Å²) in [5.74, 6) is 0. The van der Waals surface area contributed by atoms with Crippen molar-refractivity contribution >= 4 is 34.0 Å². The van der Waals surface area contributed by atoms with Crippen molar-refractivity contribution < 1.29 is 14.3 Å². The topological polar surface area (TPSA) is 55.4 Å². The Balaban J connectivity index is 2.81. The summed E-state index contributed by atoms with van der Waals surface area (Å²) >= 11 is 3.28. The molecule has 0 aliphatic rings. The average molecular weight is 300 g/mol. The summed E-state index contributed by atoms with van der Waals surface area (Å²) in [6.45, 7) is 5.34. The van der Waals surface area contributed by atoms with Crippen LogP contribution in [0.1, 0.15) is 31.1 Å². The van der Waals surface area contributed by atoms with E-state index in [1.165, 1.54) is 0 Å². The molecule has 0 saturated heterocycles. The molecule has 5 heteroatoms. The monoisotopic (exact) mass is 299 g/mol. The van der Waals surface area contributed by atoms with Crippen molar-refractivity contribution in [3.63, 3.8) is 0 Å². The van der Waals surface area contributed by atoms with Gasteiger partial charge >= 0.3 is 6.09 Å². The Morgan fingerprint density at radius 2 is 2.06 bits per heavy atom. The van der Waals surface area contributed by atoms with Gasteiger partial charge in [0.05, 0.1) is 5.69 Å². The molecule has 1 amide bonds. The lowest BCUT2D eigenvalue weighted by molar-refractivity contribution is 0.0635. The van der Waals surface area contributed by atoms with Crippen LogP contribution in [0, 0.1) is 0 Å². The average Bonchev–Trinajstić information content (AvgIpc) is 2.18. The molecule has 0 aliphatic heterocycles. The Morgan fingerprint density at radius 1 is 1.41 bits per heavy atom. The van der Waals surface area contributed by atoms with Crippen molar-refractivity contribution in [3.8, 4) is 0 Å². The van der Waals surface area contributed by atoms with E-state index in [1.807, 2.05) is 0 Å². The Hall–Kier alpha value is -1.36. The van der Waals surface area contributed by atoms with Crippen LogP contribution in [0.25, 0.3) is 0 Å². The number of halogens is 1. The number of hydrogen-bond donors (Lipinski definition) is 1. The molecule has 17 heavy (non-hydrogen) atoms. The summed E-state index contributed by atoms with van der Waals surface area (Å²) in [6, 6.07) is 4.91. The molecule has 4 nitrogen and oxygen atoms in total. The van der Waals surface area contributed by atoms with Gasteiger partial charge in [-0.25, -0.2) is 4.79 Å². The Bertz CT molecular complexity index is 438. The summed E-state index contributed by atoms with van der Waals surface area (Å²) in [4.78, 5) is 22.2. The highest BCUT2D eigenvalue weighted by molar-refractivity contribution is 9.10. The number of carbonyl (C=O) groups is 2. The number of amides is 1. The van der Waals surface area contributed by atoms with Crippen LogP contribution in [-0.2, 0) is 4.74 Å². The molecule has 1 aromatic rings. The zero-order valence-corrected chi connectivity index (χ0v) is 11.5. The summed E-state index contributed by atoms with van der Waals surface area (Å²) in [5.41, 5.74) is 0.432. The SMILES string of the molecule is CC(C)(C)OC(=O)Nc1cc(C=O)ccc1Br. The maximum Gasteiger partial charge on any atom is 0.412 e. The van der Waals surface area contributed by atoms with E-state index < -0.39 is 11.7 Å². The van der Waals surface area contributed by atoms with E-state index in [0.717, 1.165) is 0 Å². The van der Waals surface area contributed by atoms with Crippen LogP contribution >= 0.6 is 15.9 Å². The zero-order chi connectivity index (χ0) is 13.1. The molecule has 0 aliphatic carbocycles. The van der Waals surface area contributed by atoms with E-state index in [4.69, 9.17) is 4.74 Å². The molecular formula is C12H14BrNO3. The fourth-order valence-corrected chi connectivity index (χ4v) is 1.47. The van der Waals surface area contributed by atoms with Crippen LogP contribution in [0.4, 0.5) is 10.5 Å². The predicted molar refractivity (Wildman–Crippen MR) is 69.4 cm³/mol. The maximum absolute atomic E-state index is 11.5. The molecule has 0 fully saturated rings. The number of carbonyl (C=O) groups excluding carboxylic acids is 2. The summed E-state index contributed by atoms with van der Waals surface area (Å²) < 4.78 is 5.80. The molecule has 92 valence electrons. The standard InChI is InChI=1S/C12H14BrNO3/c1-12(2,3)17-11(16)14-10-6-8(7-15)4-5-9(10)13/h4-7H,1-3H3,(H,14,16). The highest BCUT2D eigenvalue weighted by Gasteiger charge is 2.17. The van der Waals surface area contributed by atoms with Crippen LogP contribution in [0.15, 0.2) is 22.7 Å². The van der Waals surface area contributed by atoms with Gasteiger partial charge in [-0.15, -0.1) is 0 Å². The van der Waals surface area contributed by atoms with Gasteiger partial charge in [-0.1, -0.05) is 6.07 Å². The van der Waals surface area contributed by atoms with Gasteiger partial charge in [-0.3, -0.25) is 10.1 Å². The van der Waals surface area contributed by atoms with Gasteiger partial charge in [-0.05, 0) is 48.8 Å². The van der Waals surface area contributed by atoms with Crippen molar-refractivity contribution in [2.45, 2.75) is 26.4 Å². The van der Waals surface area contributed by atoms with Gasteiger partial charge in [0.25, 0.3) is 0 Å². The quantitative estimate of drug-likeness (QED) is 0.849. The molecule has 1 N–H and O–H groups in total. The Labute approximate surface area is 108 Å². The molecule has 1 rings (SSSR count). The highest BCUT2D eigenvalue weighted by Crippen LogP contribution is 2.23. The minimum atomic E-state index is -0.557. The van der Waals surface area contributed by atoms with Crippen LogP contribution in [0.5, 0.6) is 0 Å². The van der Waals surface area contributed by atoms with Crippen LogP contribution in [0.3, 0.4) is 0 Å². The first-order valence-corrected chi connectivity index (χ1v) is 5.86. The van der Waals surface area contributed by atoms with Crippen molar-refractivity contribution in [2.24, 2.45) is 0 Å². The van der Waals surface area contributed by atoms with E-state index in [9.17, 15) is 9.59 Å². The molecular weight excluding hydrogens is 286 g/mol. The highest BCUT2D eigenvalue weighted by atomic mass is 79.9. The first kappa shape index (κ1) is 13.7. The Morgan fingerprint density at radius 3 is 2.59 bits per heavy atom. The molecule has 0 unspecified atom stereocenters. The van der Waals surface area contributed by atoms with Crippen molar-refractivity contribution in [1.29, 1.82) is 0 Å². The van der Waals surface area contributed by atoms with Gasteiger partial charge < -0.3 is 4.74 Å². The van der Waals surface area contributed by atoms with Crippen molar-refractivity contribution in [3.05, 3.63) is 28.2 Å². The number of nitrogens with one attached hydrogen (secondary N) is 1. The number of hydrogen-bond acceptors (Lipinski definition) is 3. The van der Waals surface area contributed by atoms with Gasteiger partial charge in [0.1, 0.15) is 11.9 Å². The third kappa shape index (κ3) is 4.56. The van der Waals surface area contributed by atoms with Crippen LogP contribution in [0.2, 0.25) is 0 Å². The van der Waals surface area contributed by atoms with E-state index >= 15 is 0 Å². The molecule has 0 spiro atoms. The lowest BCUT2D eigenvalue weighted by atomic mass is 10.2. The maximum atomic E-state index is 11.5. The van der Waals surface area contributed by atoms with E-state index in [2.05, 4.69) is 21.2 Å². The predicted octanol–water partition coefficient (Wildman–Crippen LogP) is 3.61. The minimum absolute atomic E-state index is 0.485. The smallest absolute Gasteiger partial charge is 0.412 e.